The second-order valence-corrected chi connectivity index (χ2v) is 14.0. The van der Waals surface area contributed by atoms with Crippen molar-refractivity contribution in [2.24, 2.45) is 57.3 Å². The Balaban J connectivity index is 0.00000576. The van der Waals surface area contributed by atoms with E-state index in [4.69, 9.17) is 9.47 Å². The molecule has 2 fully saturated rings. The van der Waals surface area contributed by atoms with Crippen LogP contribution in [0.15, 0.2) is 27.0 Å². The third kappa shape index (κ3) is 8.20. The van der Waals surface area contributed by atoms with E-state index in [1.165, 1.54) is 13.8 Å². The summed E-state index contributed by atoms with van der Waals surface area (Å²) >= 11 is 0. The maximum absolute atomic E-state index is 13.5. The fraction of sp³-hybridized carbons (Fsp3) is 0.629. The standard InChI is InChI=1S/C35H50N4O6.Co/c1-16-11-18(3)28(19(4)12-16)34(42)44-30-22(7)26(38-32(30)36-24(9)40)15-27-23(8)31(33(39-27)37-25(10)41)45-35(43)29-20(5)13-17(2)14-21(29)6;/h15-21,28-29H,11-14H2,1-10H3,(H3,36,37,38,39,40,41);/p-1. The maximum atomic E-state index is 13.5. The SMILES string of the molecule is CC(=O)Nc1[n-]c(/C=C2\N=C(N=C(C)O)C(OC(=O)C3C(C)CC(C)CC3C)=C2C)c(C)c1OC(=O)C1C(C)CC(C)CC1C.[Co]. The molecule has 2 aliphatic carbocycles. The van der Waals surface area contributed by atoms with Gasteiger partial charge in [0.2, 0.25) is 0 Å². The first-order chi connectivity index (χ1) is 21.1. The number of aliphatic hydroxyl groups excluding tert-OH is 1. The van der Waals surface area contributed by atoms with Crippen LogP contribution in [0.4, 0.5) is 5.82 Å². The van der Waals surface area contributed by atoms with Crippen molar-refractivity contribution >= 4 is 41.5 Å². The number of ether oxygens (including phenoxy) is 2. The number of allylic oxidation sites excluding steroid dienone is 1. The number of hydrogen-bond acceptors (Lipinski definition) is 7. The van der Waals surface area contributed by atoms with Gasteiger partial charge in [-0.2, -0.15) is 4.99 Å². The molecule has 1 radical (unpaired) electrons. The van der Waals surface area contributed by atoms with Gasteiger partial charge >= 0.3 is 11.9 Å². The number of carbonyl (C=O) groups is 3. The Labute approximate surface area is 283 Å². The van der Waals surface area contributed by atoms with Crippen molar-refractivity contribution < 1.29 is 45.7 Å². The Morgan fingerprint density at radius 3 is 1.80 bits per heavy atom. The van der Waals surface area contributed by atoms with E-state index in [2.05, 4.69) is 61.8 Å². The minimum absolute atomic E-state index is 0. The molecular weight excluding hydrogens is 631 g/mol. The topological polar surface area (TPSA) is 141 Å². The van der Waals surface area contributed by atoms with Gasteiger partial charge in [0, 0.05) is 29.3 Å². The van der Waals surface area contributed by atoms with Crippen LogP contribution >= 0.6 is 0 Å². The molecule has 0 saturated heterocycles. The molecule has 1 aliphatic heterocycles. The normalized spacial score (nSPS) is 30.9. The van der Waals surface area contributed by atoms with E-state index in [-0.39, 0.29) is 99.2 Å². The Kier molecular flexibility index (Phi) is 12.3. The molecule has 1 amide bonds. The minimum atomic E-state index is -0.350. The van der Waals surface area contributed by atoms with Crippen LogP contribution in [0.2, 0.25) is 0 Å². The molecule has 0 spiro atoms. The quantitative estimate of drug-likeness (QED) is 0.187. The van der Waals surface area contributed by atoms with E-state index < -0.39 is 0 Å². The Morgan fingerprint density at radius 2 is 1.35 bits per heavy atom. The number of nitrogens with one attached hydrogen (secondary N) is 1. The molecule has 255 valence electrons. The number of aliphatic imine (C=N–C) groups is 2. The molecule has 11 heteroatoms. The second-order valence-electron chi connectivity index (χ2n) is 14.0. The molecule has 2 heterocycles. The fourth-order valence-corrected chi connectivity index (χ4v) is 7.93. The van der Waals surface area contributed by atoms with Crippen LogP contribution in [-0.4, -0.2) is 34.7 Å². The molecule has 0 bridgehead atoms. The first-order valence-electron chi connectivity index (χ1n) is 16.2. The number of esters is 2. The fourth-order valence-electron chi connectivity index (χ4n) is 7.93. The molecule has 4 unspecified atom stereocenters. The molecule has 4 atom stereocenters. The average molecular weight is 681 g/mol. The zero-order valence-corrected chi connectivity index (χ0v) is 29.7. The van der Waals surface area contributed by atoms with Crippen LogP contribution in [0.5, 0.6) is 5.75 Å². The number of anilines is 1. The molecule has 10 nitrogen and oxygen atoms in total. The Morgan fingerprint density at radius 1 is 0.870 bits per heavy atom. The van der Waals surface area contributed by atoms with Gasteiger partial charge in [-0.05, 0) is 105 Å². The summed E-state index contributed by atoms with van der Waals surface area (Å²) in [5.41, 5.74) is 1.96. The summed E-state index contributed by atoms with van der Waals surface area (Å²) in [6, 6.07) is 0. The predicted octanol–water partition coefficient (Wildman–Crippen LogP) is 7.00. The predicted molar refractivity (Wildman–Crippen MR) is 175 cm³/mol. The van der Waals surface area contributed by atoms with Gasteiger partial charge in [-0.25, -0.2) is 4.99 Å². The molecule has 3 aliphatic rings. The second kappa shape index (κ2) is 15.1. The third-order valence-electron chi connectivity index (χ3n) is 9.66. The van der Waals surface area contributed by atoms with Gasteiger partial charge in [-0.3, -0.25) is 14.4 Å². The smallest absolute Gasteiger partial charge is 0.315 e. The van der Waals surface area contributed by atoms with Crippen LogP contribution in [0.1, 0.15) is 99.3 Å². The Bertz CT molecular complexity index is 1450. The van der Waals surface area contributed by atoms with Crippen LogP contribution in [-0.2, 0) is 35.9 Å². The van der Waals surface area contributed by atoms with Crippen molar-refractivity contribution in [3.8, 4) is 5.75 Å². The largest absolute Gasteiger partial charge is 0.497 e. The van der Waals surface area contributed by atoms with Gasteiger partial charge in [0.25, 0.3) is 0 Å². The molecule has 46 heavy (non-hydrogen) atoms. The van der Waals surface area contributed by atoms with Crippen molar-refractivity contribution in [1.82, 2.24) is 4.98 Å². The van der Waals surface area contributed by atoms with Gasteiger partial charge < -0.3 is 24.9 Å². The number of hydrogen-bond donors (Lipinski definition) is 2. The van der Waals surface area contributed by atoms with E-state index in [1.807, 2.05) is 0 Å². The van der Waals surface area contributed by atoms with Crippen molar-refractivity contribution in [3.05, 3.63) is 28.3 Å². The molecular formula is C35H49CoN4O6-. The third-order valence-corrected chi connectivity index (χ3v) is 9.66. The summed E-state index contributed by atoms with van der Waals surface area (Å²) in [5.74, 6) is 0.641. The van der Waals surface area contributed by atoms with Gasteiger partial charge in [0.05, 0.1) is 17.5 Å². The van der Waals surface area contributed by atoms with E-state index in [0.717, 1.165) is 25.7 Å². The van der Waals surface area contributed by atoms with Crippen LogP contribution in [0.25, 0.3) is 6.08 Å². The van der Waals surface area contributed by atoms with E-state index in [1.54, 1.807) is 19.9 Å². The number of amidine groups is 1. The summed E-state index contributed by atoms with van der Waals surface area (Å²) in [5, 5.41) is 12.7. The van der Waals surface area contributed by atoms with Gasteiger partial charge in [0.1, 0.15) is 11.7 Å². The summed E-state index contributed by atoms with van der Waals surface area (Å²) < 4.78 is 12.0. The van der Waals surface area contributed by atoms with Crippen molar-refractivity contribution in [2.75, 3.05) is 5.32 Å². The van der Waals surface area contributed by atoms with Gasteiger partial charge in [-0.15, -0.1) is 0 Å². The number of aliphatic hydroxyl groups is 1. The molecule has 1 aromatic heterocycles. The Hall–Kier alpha value is -3.18. The van der Waals surface area contributed by atoms with Gasteiger partial charge in [0.15, 0.2) is 17.5 Å². The number of amides is 1. The summed E-state index contributed by atoms with van der Waals surface area (Å²) in [6.45, 7) is 19.1. The van der Waals surface area contributed by atoms with Crippen LogP contribution in [0.3, 0.4) is 0 Å². The maximum Gasteiger partial charge on any atom is 0.315 e. The van der Waals surface area contributed by atoms with Crippen LogP contribution < -0.4 is 15.0 Å². The number of aromatic nitrogens is 1. The van der Waals surface area contributed by atoms with Crippen molar-refractivity contribution in [2.45, 2.75) is 94.9 Å². The summed E-state index contributed by atoms with van der Waals surface area (Å²) in [6.07, 6.45) is 5.48. The average Bonchev–Trinajstić information content (AvgIpc) is 3.32. The first-order valence-corrected chi connectivity index (χ1v) is 16.2. The first kappa shape index (κ1) is 37.3. The number of rotatable bonds is 6. The zero-order chi connectivity index (χ0) is 33.3. The molecule has 2 saturated carbocycles. The summed E-state index contributed by atoms with van der Waals surface area (Å²) in [7, 11) is 0. The minimum Gasteiger partial charge on any atom is -0.497 e. The summed E-state index contributed by atoms with van der Waals surface area (Å²) in [4.78, 5) is 52.4. The van der Waals surface area contributed by atoms with E-state index in [0.29, 0.717) is 34.4 Å². The molecule has 2 N–H and O–H groups in total. The zero-order valence-electron chi connectivity index (χ0n) is 28.7. The van der Waals surface area contributed by atoms with E-state index >= 15 is 0 Å². The molecule has 0 aromatic carbocycles. The van der Waals surface area contributed by atoms with Gasteiger partial charge in [-0.1, -0.05) is 41.5 Å². The monoisotopic (exact) mass is 680 g/mol. The molecule has 1 aromatic rings. The number of nitrogens with zero attached hydrogens (tertiary/aromatic N) is 3. The van der Waals surface area contributed by atoms with Crippen LogP contribution in [0, 0.1) is 54.3 Å². The molecule has 4 rings (SSSR count). The van der Waals surface area contributed by atoms with Crippen molar-refractivity contribution in [1.29, 1.82) is 0 Å². The van der Waals surface area contributed by atoms with Crippen molar-refractivity contribution in [3.63, 3.8) is 0 Å². The van der Waals surface area contributed by atoms with E-state index in [9.17, 15) is 19.5 Å². The number of carbonyl (C=O) groups excluding carboxylic acids is 3.